The van der Waals surface area contributed by atoms with Crippen molar-refractivity contribution in [1.29, 1.82) is 0 Å². The summed E-state index contributed by atoms with van der Waals surface area (Å²) in [5.74, 6) is -1.85. The maximum absolute atomic E-state index is 12.5. The minimum Gasteiger partial charge on any atom is -0.478 e. The van der Waals surface area contributed by atoms with E-state index in [1.54, 1.807) is 19.1 Å². The summed E-state index contributed by atoms with van der Waals surface area (Å²) in [6.07, 6.45) is 3.46. The van der Waals surface area contributed by atoms with Crippen LogP contribution in [0.25, 0.3) is 0 Å². The fourth-order valence-electron chi connectivity index (χ4n) is 3.40. The Kier molecular flexibility index (Phi) is 3.27. The number of benzene rings is 1. The van der Waals surface area contributed by atoms with Crippen LogP contribution in [0.4, 0.5) is 5.69 Å². The zero-order valence-corrected chi connectivity index (χ0v) is 11.8. The summed E-state index contributed by atoms with van der Waals surface area (Å²) >= 11 is 0. The number of hydrogen-bond acceptors (Lipinski definition) is 3. The molecule has 2 fully saturated rings. The number of amides is 2. The first-order valence-corrected chi connectivity index (χ1v) is 7.22. The van der Waals surface area contributed by atoms with Gasteiger partial charge in [0.05, 0.1) is 23.1 Å². The van der Waals surface area contributed by atoms with Gasteiger partial charge in [-0.1, -0.05) is 18.9 Å². The molecule has 21 heavy (non-hydrogen) atoms. The molecule has 2 aliphatic rings. The predicted octanol–water partition coefficient (Wildman–Crippen LogP) is 2.37. The largest absolute Gasteiger partial charge is 0.478 e. The van der Waals surface area contributed by atoms with Gasteiger partial charge < -0.3 is 5.11 Å². The minimum absolute atomic E-state index is 0.128. The van der Waals surface area contributed by atoms with Crippen LogP contribution in [0.5, 0.6) is 0 Å². The number of fused-ring (bicyclic) bond motifs is 1. The zero-order chi connectivity index (χ0) is 15.1. The van der Waals surface area contributed by atoms with E-state index in [9.17, 15) is 19.5 Å². The second kappa shape index (κ2) is 4.98. The van der Waals surface area contributed by atoms with Gasteiger partial charge in [0.25, 0.3) is 0 Å². The summed E-state index contributed by atoms with van der Waals surface area (Å²) in [4.78, 5) is 37.4. The highest BCUT2D eigenvalue weighted by atomic mass is 16.4. The molecular formula is C16H17NO4. The molecule has 1 saturated carbocycles. The van der Waals surface area contributed by atoms with Crippen molar-refractivity contribution >= 4 is 23.5 Å². The average molecular weight is 287 g/mol. The quantitative estimate of drug-likeness (QED) is 0.847. The molecule has 1 aliphatic carbocycles. The Labute approximate surface area is 122 Å². The van der Waals surface area contributed by atoms with Gasteiger partial charge >= 0.3 is 5.97 Å². The third kappa shape index (κ3) is 2.13. The van der Waals surface area contributed by atoms with Crippen LogP contribution in [0.3, 0.4) is 0 Å². The third-order valence-electron chi connectivity index (χ3n) is 4.55. The highest BCUT2D eigenvalue weighted by molar-refractivity contribution is 6.22. The number of rotatable bonds is 2. The highest BCUT2D eigenvalue weighted by Crippen LogP contribution is 2.40. The third-order valence-corrected chi connectivity index (χ3v) is 4.55. The second-order valence-corrected chi connectivity index (χ2v) is 5.81. The predicted molar refractivity (Wildman–Crippen MR) is 76.1 cm³/mol. The van der Waals surface area contributed by atoms with Gasteiger partial charge in [0.2, 0.25) is 11.8 Å². The van der Waals surface area contributed by atoms with Crippen molar-refractivity contribution in [3.05, 3.63) is 29.3 Å². The molecule has 110 valence electrons. The minimum atomic E-state index is -1.05. The van der Waals surface area contributed by atoms with Gasteiger partial charge in [0, 0.05) is 0 Å². The van der Waals surface area contributed by atoms with Crippen LogP contribution in [-0.4, -0.2) is 22.9 Å². The van der Waals surface area contributed by atoms with E-state index in [2.05, 4.69) is 0 Å². The molecule has 3 rings (SSSR count). The molecule has 1 aliphatic heterocycles. The molecule has 1 aromatic carbocycles. The molecule has 5 heteroatoms. The van der Waals surface area contributed by atoms with E-state index >= 15 is 0 Å². The summed E-state index contributed by atoms with van der Waals surface area (Å²) < 4.78 is 0. The smallest absolute Gasteiger partial charge is 0.336 e. The van der Waals surface area contributed by atoms with Crippen molar-refractivity contribution in [3.8, 4) is 0 Å². The molecule has 1 heterocycles. The molecule has 2 unspecified atom stereocenters. The van der Waals surface area contributed by atoms with Crippen LogP contribution >= 0.6 is 0 Å². The van der Waals surface area contributed by atoms with Crippen LogP contribution in [0, 0.1) is 18.8 Å². The molecular weight excluding hydrogens is 270 g/mol. The second-order valence-electron chi connectivity index (χ2n) is 5.81. The van der Waals surface area contributed by atoms with Gasteiger partial charge in [-0.25, -0.2) is 4.79 Å². The number of carboxylic acids is 1. The number of anilines is 1. The lowest BCUT2D eigenvalue weighted by molar-refractivity contribution is -0.122. The molecule has 2 amide bonds. The fraction of sp³-hybridized carbons (Fsp3) is 0.438. The van der Waals surface area contributed by atoms with E-state index in [4.69, 9.17) is 0 Å². The topological polar surface area (TPSA) is 74.7 Å². The summed E-state index contributed by atoms with van der Waals surface area (Å²) in [5, 5.41) is 9.18. The Hall–Kier alpha value is -2.17. The molecule has 1 N–H and O–H groups in total. The van der Waals surface area contributed by atoms with Gasteiger partial charge in [0.1, 0.15) is 0 Å². The maximum atomic E-state index is 12.5. The van der Waals surface area contributed by atoms with Crippen molar-refractivity contribution in [2.45, 2.75) is 32.6 Å². The van der Waals surface area contributed by atoms with Crippen LogP contribution in [0.1, 0.15) is 41.6 Å². The van der Waals surface area contributed by atoms with Crippen molar-refractivity contribution in [3.63, 3.8) is 0 Å². The van der Waals surface area contributed by atoms with Gasteiger partial charge in [-0.3, -0.25) is 14.5 Å². The van der Waals surface area contributed by atoms with E-state index in [1.165, 1.54) is 11.0 Å². The zero-order valence-electron chi connectivity index (χ0n) is 11.8. The number of carbonyl (C=O) groups is 3. The maximum Gasteiger partial charge on any atom is 0.336 e. The standard InChI is InChI=1S/C16H17NO4/c1-9-6-7-10(8-13(9)16(20)21)17-14(18)11-4-2-3-5-12(11)15(17)19/h6-8,11-12H,2-5H2,1H3,(H,20,21). The van der Waals surface area contributed by atoms with E-state index in [1.807, 2.05) is 0 Å². The van der Waals surface area contributed by atoms with E-state index in [0.717, 1.165) is 25.7 Å². The number of aromatic carboxylic acids is 1. The molecule has 5 nitrogen and oxygen atoms in total. The first-order chi connectivity index (χ1) is 10.0. The van der Waals surface area contributed by atoms with Crippen LogP contribution in [0.2, 0.25) is 0 Å². The average Bonchev–Trinajstić information content (AvgIpc) is 2.72. The number of carbonyl (C=O) groups excluding carboxylic acids is 2. The highest BCUT2D eigenvalue weighted by Gasteiger charge is 2.48. The number of carboxylic acid groups (broad SMARTS) is 1. The van der Waals surface area contributed by atoms with E-state index < -0.39 is 5.97 Å². The fourth-order valence-corrected chi connectivity index (χ4v) is 3.40. The summed E-state index contributed by atoms with van der Waals surface area (Å²) in [7, 11) is 0. The monoisotopic (exact) mass is 287 g/mol. The number of nitrogens with zero attached hydrogens (tertiary/aromatic N) is 1. The first kappa shape index (κ1) is 13.8. The summed E-state index contributed by atoms with van der Waals surface area (Å²) in [5.41, 5.74) is 1.12. The van der Waals surface area contributed by atoms with Gasteiger partial charge in [-0.2, -0.15) is 0 Å². The Morgan fingerprint density at radius 1 is 1.14 bits per heavy atom. The van der Waals surface area contributed by atoms with Gasteiger partial charge in [-0.05, 0) is 37.5 Å². The number of hydrogen-bond donors (Lipinski definition) is 1. The van der Waals surface area contributed by atoms with Crippen LogP contribution < -0.4 is 4.90 Å². The molecule has 1 aromatic rings. The van der Waals surface area contributed by atoms with E-state index in [0.29, 0.717) is 11.3 Å². The lowest BCUT2D eigenvalue weighted by Crippen LogP contribution is -2.31. The van der Waals surface area contributed by atoms with Crippen molar-refractivity contribution < 1.29 is 19.5 Å². The Morgan fingerprint density at radius 2 is 1.71 bits per heavy atom. The van der Waals surface area contributed by atoms with Gasteiger partial charge in [0.15, 0.2) is 0 Å². The normalized spacial score (nSPS) is 25.1. The Balaban J connectivity index is 2.00. The lowest BCUT2D eigenvalue weighted by Gasteiger charge is -2.19. The Morgan fingerprint density at radius 3 is 2.24 bits per heavy atom. The van der Waals surface area contributed by atoms with E-state index in [-0.39, 0.29) is 29.2 Å². The summed E-state index contributed by atoms with van der Waals surface area (Å²) in [6.45, 7) is 1.70. The Bertz CT molecular complexity index is 613. The lowest BCUT2D eigenvalue weighted by atomic mass is 9.81. The molecule has 1 saturated heterocycles. The molecule has 0 bridgehead atoms. The number of imide groups is 1. The summed E-state index contributed by atoms with van der Waals surface area (Å²) in [6, 6.07) is 4.71. The number of aryl methyl sites for hydroxylation is 1. The van der Waals surface area contributed by atoms with Crippen LogP contribution in [-0.2, 0) is 9.59 Å². The van der Waals surface area contributed by atoms with Crippen molar-refractivity contribution in [2.24, 2.45) is 11.8 Å². The molecule has 2 atom stereocenters. The molecule has 0 radical (unpaired) electrons. The first-order valence-electron chi connectivity index (χ1n) is 7.22. The van der Waals surface area contributed by atoms with Crippen molar-refractivity contribution in [1.82, 2.24) is 0 Å². The molecule has 0 aromatic heterocycles. The SMILES string of the molecule is Cc1ccc(N2C(=O)C3CCCCC3C2=O)cc1C(=O)O. The molecule has 0 spiro atoms. The van der Waals surface area contributed by atoms with Crippen LogP contribution in [0.15, 0.2) is 18.2 Å². The van der Waals surface area contributed by atoms with Gasteiger partial charge in [-0.15, -0.1) is 0 Å². The van der Waals surface area contributed by atoms with Crippen molar-refractivity contribution in [2.75, 3.05) is 4.90 Å².